The first-order chi connectivity index (χ1) is 15.2. The smallest absolute Gasteiger partial charge is 0.176 e. The highest BCUT2D eigenvalue weighted by molar-refractivity contribution is 7.19. The highest BCUT2D eigenvalue weighted by atomic mass is 32.1. The molecular formula is C28H28O3S. The number of ketones is 1. The van der Waals surface area contributed by atoms with E-state index in [2.05, 4.69) is 56.3 Å². The first-order valence-corrected chi connectivity index (χ1v) is 12.2. The van der Waals surface area contributed by atoms with Gasteiger partial charge in [-0.25, -0.2) is 0 Å². The molecule has 1 aromatic heterocycles. The predicted octanol–water partition coefficient (Wildman–Crippen LogP) is 6.65. The molecule has 3 heterocycles. The number of carbonyl (C=O) groups is 1. The molecule has 2 bridgehead atoms. The molecule has 0 amide bonds. The van der Waals surface area contributed by atoms with E-state index < -0.39 is 10.8 Å². The Balaban J connectivity index is 1.51. The molecule has 1 N–H and O–H groups in total. The van der Waals surface area contributed by atoms with E-state index in [1.165, 1.54) is 20.5 Å². The van der Waals surface area contributed by atoms with Crippen LogP contribution in [0.3, 0.4) is 0 Å². The number of hydrogen-bond donors (Lipinski definition) is 1. The van der Waals surface area contributed by atoms with Crippen molar-refractivity contribution >= 4 is 32.8 Å². The normalized spacial score (nSPS) is 33.5. The van der Waals surface area contributed by atoms with Crippen LogP contribution in [0.2, 0.25) is 0 Å². The molecular weight excluding hydrogens is 416 g/mol. The van der Waals surface area contributed by atoms with Crippen molar-refractivity contribution in [2.45, 2.75) is 59.2 Å². The molecule has 2 aliphatic heterocycles. The van der Waals surface area contributed by atoms with Gasteiger partial charge in [0, 0.05) is 15.5 Å². The van der Waals surface area contributed by atoms with E-state index in [4.69, 9.17) is 4.74 Å². The molecule has 2 aromatic carbocycles. The average molecular weight is 445 g/mol. The molecule has 0 saturated carbocycles. The topological polar surface area (TPSA) is 46.5 Å². The maximum Gasteiger partial charge on any atom is 0.176 e. The minimum atomic E-state index is -0.742. The molecule has 0 unspecified atom stereocenters. The fraction of sp³-hybridized carbons (Fsp3) is 0.393. The van der Waals surface area contributed by atoms with Gasteiger partial charge in [-0.2, -0.15) is 0 Å². The van der Waals surface area contributed by atoms with Gasteiger partial charge in [0.15, 0.2) is 5.78 Å². The van der Waals surface area contributed by atoms with Gasteiger partial charge in [-0.05, 0) is 75.2 Å². The van der Waals surface area contributed by atoms with Crippen LogP contribution >= 0.6 is 11.3 Å². The number of allylic oxidation sites excluding steroid dienone is 1. The number of benzene rings is 2. The van der Waals surface area contributed by atoms with Crippen molar-refractivity contribution in [3.63, 3.8) is 0 Å². The number of aliphatic hydroxyl groups is 1. The fourth-order valence-electron chi connectivity index (χ4n) is 6.87. The van der Waals surface area contributed by atoms with Crippen molar-refractivity contribution < 1.29 is 14.6 Å². The van der Waals surface area contributed by atoms with E-state index in [9.17, 15) is 9.90 Å². The van der Waals surface area contributed by atoms with Crippen LogP contribution < -0.4 is 0 Å². The Morgan fingerprint density at radius 1 is 1.03 bits per heavy atom. The Hall–Kier alpha value is -2.43. The lowest BCUT2D eigenvalue weighted by atomic mass is 9.56. The van der Waals surface area contributed by atoms with Crippen LogP contribution in [0.15, 0.2) is 48.2 Å². The van der Waals surface area contributed by atoms with Gasteiger partial charge < -0.3 is 9.84 Å². The van der Waals surface area contributed by atoms with Gasteiger partial charge in [0.1, 0.15) is 5.76 Å². The maximum atomic E-state index is 14.0. The molecule has 3 nitrogen and oxygen atoms in total. The molecule has 3 aromatic rings. The lowest BCUT2D eigenvalue weighted by molar-refractivity contribution is -0.127. The molecule has 2 saturated heterocycles. The summed E-state index contributed by atoms with van der Waals surface area (Å²) in [5.41, 5.74) is 3.19. The number of carbonyl (C=O) groups excluding carboxylic acids is 1. The van der Waals surface area contributed by atoms with Gasteiger partial charge in [0.25, 0.3) is 0 Å². The predicted molar refractivity (Wildman–Crippen MR) is 129 cm³/mol. The van der Waals surface area contributed by atoms with Crippen LogP contribution in [-0.4, -0.2) is 23.1 Å². The Morgan fingerprint density at radius 3 is 2.41 bits per heavy atom. The summed E-state index contributed by atoms with van der Waals surface area (Å²) in [5.74, 6) is 0.443. The fourth-order valence-corrected chi connectivity index (χ4v) is 8.07. The summed E-state index contributed by atoms with van der Waals surface area (Å²) in [4.78, 5) is 15.3. The van der Waals surface area contributed by atoms with E-state index >= 15 is 0 Å². The number of aliphatic hydroxyl groups excluding tert-OH is 1. The molecule has 1 aliphatic carbocycles. The maximum absolute atomic E-state index is 14.0. The second-order valence-corrected chi connectivity index (χ2v) is 11.4. The Morgan fingerprint density at radius 2 is 1.72 bits per heavy atom. The van der Waals surface area contributed by atoms with Gasteiger partial charge >= 0.3 is 0 Å². The summed E-state index contributed by atoms with van der Waals surface area (Å²) in [6.07, 6.45) is 0.422. The number of fused-ring (bicyclic) bond motifs is 6. The van der Waals surface area contributed by atoms with Gasteiger partial charge in [-0.15, -0.1) is 11.3 Å². The Bertz CT molecular complexity index is 1290. The third-order valence-electron chi connectivity index (χ3n) is 8.60. The molecule has 6 rings (SSSR count). The van der Waals surface area contributed by atoms with Gasteiger partial charge in [-0.3, -0.25) is 4.79 Å². The Kier molecular flexibility index (Phi) is 4.00. The molecule has 32 heavy (non-hydrogen) atoms. The number of Topliss-reactive ketones (excluding diaryl/α,β-unsaturated/α-hetero) is 1. The summed E-state index contributed by atoms with van der Waals surface area (Å²) >= 11 is 1.81. The summed E-state index contributed by atoms with van der Waals surface area (Å²) < 4.78 is 7.78. The van der Waals surface area contributed by atoms with Gasteiger partial charge in [0.2, 0.25) is 0 Å². The number of rotatable bonds is 2. The second-order valence-electron chi connectivity index (χ2n) is 10.3. The third kappa shape index (κ3) is 2.22. The number of hydrogen-bond acceptors (Lipinski definition) is 4. The number of thiophene rings is 1. The lowest BCUT2D eigenvalue weighted by Crippen LogP contribution is -2.50. The quantitative estimate of drug-likeness (QED) is 0.482. The van der Waals surface area contributed by atoms with Crippen LogP contribution in [-0.2, 0) is 9.53 Å². The largest absolute Gasteiger partial charge is 0.511 e. The number of aryl methyl sites for hydroxylation is 3. The SMILES string of the molecule is Cc1cc(C)c(C2=C(O)[C@]3(C)[C@@H]4O[C@@H](C[C@H]4c4cc5ccccc5s4)[C@]3(C)C2=O)c(C)c1. The van der Waals surface area contributed by atoms with E-state index in [0.717, 1.165) is 23.1 Å². The van der Waals surface area contributed by atoms with E-state index in [1.54, 1.807) is 0 Å². The van der Waals surface area contributed by atoms with Gasteiger partial charge in [-0.1, -0.05) is 35.9 Å². The zero-order valence-electron chi connectivity index (χ0n) is 19.2. The first-order valence-electron chi connectivity index (χ1n) is 11.4. The summed E-state index contributed by atoms with van der Waals surface area (Å²) in [6, 6.07) is 14.9. The van der Waals surface area contributed by atoms with Crippen LogP contribution in [0, 0.1) is 31.6 Å². The summed E-state index contributed by atoms with van der Waals surface area (Å²) in [5, 5.41) is 13.0. The minimum absolute atomic E-state index is 0.0369. The molecule has 0 radical (unpaired) electrons. The number of ether oxygens (including phenoxy) is 1. The molecule has 3 aliphatic rings. The molecule has 2 fully saturated rings. The van der Waals surface area contributed by atoms with Crippen molar-refractivity contribution in [3.8, 4) is 0 Å². The minimum Gasteiger partial charge on any atom is -0.511 e. The monoisotopic (exact) mass is 444 g/mol. The molecule has 0 spiro atoms. The van der Waals surface area contributed by atoms with Crippen molar-refractivity contribution in [1.82, 2.24) is 0 Å². The van der Waals surface area contributed by atoms with Crippen molar-refractivity contribution in [1.29, 1.82) is 0 Å². The first kappa shape index (κ1) is 20.2. The zero-order chi connectivity index (χ0) is 22.6. The van der Waals surface area contributed by atoms with E-state index in [-0.39, 0.29) is 29.7 Å². The van der Waals surface area contributed by atoms with Crippen molar-refractivity contribution in [3.05, 3.63) is 75.4 Å². The lowest BCUT2D eigenvalue weighted by Gasteiger charge is -2.43. The Labute approximate surface area is 192 Å². The van der Waals surface area contributed by atoms with Crippen LogP contribution in [0.5, 0.6) is 0 Å². The van der Waals surface area contributed by atoms with E-state index in [1.807, 2.05) is 32.1 Å². The summed E-state index contributed by atoms with van der Waals surface area (Å²) in [7, 11) is 0. The third-order valence-corrected chi connectivity index (χ3v) is 9.85. The molecule has 5 atom stereocenters. The van der Waals surface area contributed by atoms with Crippen LogP contribution in [0.4, 0.5) is 0 Å². The average Bonchev–Trinajstić information content (AvgIpc) is 3.45. The van der Waals surface area contributed by atoms with Crippen LogP contribution in [0.1, 0.15) is 53.3 Å². The highest BCUT2D eigenvalue weighted by Gasteiger charge is 2.76. The summed E-state index contributed by atoms with van der Waals surface area (Å²) in [6.45, 7) is 10.2. The van der Waals surface area contributed by atoms with Gasteiger partial charge in [0.05, 0.1) is 28.6 Å². The zero-order valence-corrected chi connectivity index (χ0v) is 20.0. The molecule has 164 valence electrons. The van der Waals surface area contributed by atoms with E-state index in [0.29, 0.717) is 5.57 Å². The highest BCUT2D eigenvalue weighted by Crippen LogP contribution is 2.71. The molecule has 4 heteroatoms. The second kappa shape index (κ2) is 6.33. The van der Waals surface area contributed by atoms with Crippen molar-refractivity contribution in [2.24, 2.45) is 10.8 Å². The standard InChI is InChI=1S/C28H28O3S/c1-14-10-15(2)22(16(3)11-14)23-24(29)27(4)21-13-18(26(31-21)28(27,5)25(23)30)20-12-17-8-6-7-9-19(17)32-20/h6-12,18,21,26,30H,13H2,1-5H3/t18-,21-,26+,27+,28+/m0/s1. The van der Waals surface area contributed by atoms with Crippen molar-refractivity contribution in [2.75, 3.05) is 0 Å². The van der Waals surface area contributed by atoms with Crippen LogP contribution in [0.25, 0.3) is 15.7 Å².